The third-order valence-electron chi connectivity index (χ3n) is 4.30. The molecule has 3 nitrogen and oxygen atoms in total. The first kappa shape index (κ1) is 15.5. The van der Waals surface area contributed by atoms with E-state index < -0.39 is 9.84 Å². The Kier molecular flexibility index (Phi) is 5.22. The first-order valence-electron chi connectivity index (χ1n) is 7.44. The van der Waals surface area contributed by atoms with Crippen molar-refractivity contribution in [2.24, 2.45) is 0 Å². The van der Waals surface area contributed by atoms with Crippen LogP contribution in [0.25, 0.3) is 0 Å². The summed E-state index contributed by atoms with van der Waals surface area (Å²) in [5.41, 5.74) is 2.92. The van der Waals surface area contributed by atoms with Crippen molar-refractivity contribution in [2.45, 2.75) is 44.1 Å². The van der Waals surface area contributed by atoms with Gasteiger partial charge < -0.3 is 5.32 Å². The van der Waals surface area contributed by atoms with Crippen molar-refractivity contribution in [1.29, 1.82) is 0 Å². The minimum Gasteiger partial charge on any atom is -0.316 e. The van der Waals surface area contributed by atoms with Crippen molar-refractivity contribution in [2.75, 3.05) is 19.1 Å². The number of fused-ring (bicyclic) bond motifs is 1. The van der Waals surface area contributed by atoms with Crippen LogP contribution in [0.4, 0.5) is 0 Å². The number of nitrogens with one attached hydrogen (secondary N) is 1. The zero-order valence-electron chi connectivity index (χ0n) is 12.4. The molecule has 0 spiro atoms. The zero-order valence-corrected chi connectivity index (χ0v) is 13.2. The van der Waals surface area contributed by atoms with Gasteiger partial charge in [0.05, 0.1) is 0 Å². The summed E-state index contributed by atoms with van der Waals surface area (Å²) in [4.78, 5) is 0. The van der Waals surface area contributed by atoms with Gasteiger partial charge in [0.15, 0.2) is 0 Å². The molecule has 2 rings (SSSR count). The lowest BCUT2D eigenvalue weighted by Gasteiger charge is -2.32. The molecule has 1 aliphatic carbocycles. The molecule has 112 valence electrons. The topological polar surface area (TPSA) is 46.2 Å². The van der Waals surface area contributed by atoms with Gasteiger partial charge in [-0.3, -0.25) is 0 Å². The number of likely N-dealkylation sites (N-methyl/N-ethyl adjacent to an activating group) is 1. The van der Waals surface area contributed by atoms with Crippen molar-refractivity contribution >= 4 is 9.84 Å². The number of rotatable bonds is 6. The Balaban J connectivity index is 2.05. The van der Waals surface area contributed by atoms with E-state index in [-0.39, 0.29) is 0 Å². The third kappa shape index (κ3) is 4.06. The van der Waals surface area contributed by atoms with Crippen LogP contribution in [0.5, 0.6) is 0 Å². The lowest BCUT2D eigenvalue weighted by molar-refractivity contribution is 0.391. The van der Waals surface area contributed by atoms with Crippen molar-refractivity contribution < 1.29 is 8.42 Å². The van der Waals surface area contributed by atoms with Crippen molar-refractivity contribution in [3.8, 4) is 0 Å². The average molecular weight is 295 g/mol. The normalized spacial score (nSPS) is 20.4. The first-order valence-corrected chi connectivity index (χ1v) is 9.50. The number of sulfone groups is 1. The Morgan fingerprint density at radius 1 is 1.35 bits per heavy atom. The van der Waals surface area contributed by atoms with Gasteiger partial charge in [-0.15, -0.1) is 0 Å². The lowest BCUT2D eigenvalue weighted by atomic mass is 9.77. The van der Waals surface area contributed by atoms with E-state index >= 15 is 0 Å². The Bertz CT molecular complexity index is 539. The van der Waals surface area contributed by atoms with E-state index in [4.69, 9.17) is 0 Å². The first-order chi connectivity index (χ1) is 9.51. The summed E-state index contributed by atoms with van der Waals surface area (Å²) in [7, 11) is -0.859. The van der Waals surface area contributed by atoms with Crippen LogP contribution in [0.2, 0.25) is 0 Å². The largest absolute Gasteiger partial charge is 0.316 e. The summed E-state index contributed by atoms with van der Waals surface area (Å²) in [6.07, 6.45) is 6.57. The van der Waals surface area contributed by atoms with Gasteiger partial charge in [-0.05, 0) is 56.2 Å². The standard InChI is InChI=1S/C16H25NO2S/c1-17-16(11-6-12-20(2,18)19)15-10-5-8-13-7-3-4-9-14(13)15/h3-4,7,9,15-17H,5-6,8,10-12H2,1-2H3. The Hall–Kier alpha value is -0.870. The molecule has 0 fully saturated rings. The van der Waals surface area contributed by atoms with Gasteiger partial charge in [-0.2, -0.15) is 0 Å². The van der Waals surface area contributed by atoms with Gasteiger partial charge in [0.2, 0.25) is 0 Å². The van der Waals surface area contributed by atoms with Crippen LogP contribution in [0.3, 0.4) is 0 Å². The molecule has 20 heavy (non-hydrogen) atoms. The number of hydrogen-bond acceptors (Lipinski definition) is 3. The van der Waals surface area contributed by atoms with Gasteiger partial charge in [-0.1, -0.05) is 24.3 Å². The van der Waals surface area contributed by atoms with E-state index in [1.807, 2.05) is 7.05 Å². The lowest BCUT2D eigenvalue weighted by Crippen LogP contribution is -2.34. The van der Waals surface area contributed by atoms with Crippen LogP contribution in [0.15, 0.2) is 24.3 Å². The second kappa shape index (κ2) is 6.72. The zero-order chi connectivity index (χ0) is 14.6. The van der Waals surface area contributed by atoms with Crippen LogP contribution in [-0.4, -0.2) is 33.5 Å². The van der Waals surface area contributed by atoms with Crippen molar-refractivity contribution in [3.63, 3.8) is 0 Å². The smallest absolute Gasteiger partial charge is 0.147 e. The molecule has 0 saturated heterocycles. The molecule has 1 N–H and O–H groups in total. The van der Waals surface area contributed by atoms with Crippen LogP contribution >= 0.6 is 0 Å². The van der Waals surface area contributed by atoms with Crippen molar-refractivity contribution in [1.82, 2.24) is 5.32 Å². The quantitative estimate of drug-likeness (QED) is 0.877. The van der Waals surface area contributed by atoms with E-state index in [2.05, 4.69) is 29.6 Å². The number of hydrogen-bond donors (Lipinski definition) is 1. The monoisotopic (exact) mass is 295 g/mol. The van der Waals surface area contributed by atoms with Gasteiger partial charge in [0, 0.05) is 18.1 Å². The van der Waals surface area contributed by atoms with E-state index in [0.29, 0.717) is 17.7 Å². The van der Waals surface area contributed by atoms with Gasteiger partial charge >= 0.3 is 0 Å². The van der Waals surface area contributed by atoms with Gasteiger partial charge in [0.1, 0.15) is 9.84 Å². The summed E-state index contributed by atoms with van der Waals surface area (Å²) < 4.78 is 22.5. The molecule has 0 aromatic heterocycles. The molecule has 2 unspecified atom stereocenters. The molecule has 0 radical (unpaired) electrons. The molecule has 1 aromatic rings. The predicted molar refractivity (Wildman–Crippen MR) is 83.9 cm³/mol. The summed E-state index contributed by atoms with van der Waals surface area (Å²) >= 11 is 0. The maximum atomic E-state index is 11.3. The molecule has 2 atom stereocenters. The Morgan fingerprint density at radius 3 is 2.80 bits per heavy atom. The highest BCUT2D eigenvalue weighted by Crippen LogP contribution is 2.35. The number of aryl methyl sites for hydroxylation is 1. The average Bonchev–Trinajstić information content (AvgIpc) is 2.42. The van der Waals surface area contributed by atoms with Crippen LogP contribution < -0.4 is 5.32 Å². The fourth-order valence-electron chi connectivity index (χ4n) is 3.32. The molecule has 4 heteroatoms. The fourth-order valence-corrected chi connectivity index (χ4v) is 4.01. The highest BCUT2D eigenvalue weighted by atomic mass is 32.2. The second-order valence-corrected chi connectivity index (χ2v) is 8.12. The second-order valence-electron chi connectivity index (χ2n) is 5.86. The molecule has 1 aromatic carbocycles. The van der Waals surface area contributed by atoms with E-state index in [1.54, 1.807) is 0 Å². The van der Waals surface area contributed by atoms with Crippen LogP contribution in [0, 0.1) is 0 Å². The van der Waals surface area contributed by atoms with Gasteiger partial charge in [0.25, 0.3) is 0 Å². The molecule has 1 aliphatic rings. The molecule has 0 heterocycles. The molecular formula is C16H25NO2S. The molecular weight excluding hydrogens is 270 g/mol. The maximum Gasteiger partial charge on any atom is 0.147 e. The van der Waals surface area contributed by atoms with E-state index in [1.165, 1.54) is 36.6 Å². The molecule has 0 amide bonds. The molecule has 0 aliphatic heterocycles. The van der Waals surface area contributed by atoms with E-state index in [0.717, 1.165) is 12.8 Å². The van der Waals surface area contributed by atoms with Crippen molar-refractivity contribution in [3.05, 3.63) is 35.4 Å². The summed E-state index contributed by atoms with van der Waals surface area (Å²) in [6, 6.07) is 9.06. The van der Waals surface area contributed by atoms with Crippen LogP contribution in [0.1, 0.15) is 42.7 Å². The Labute approximate surface area is 122 Å². The van der Waals surface area contributed by atoms with Crippen LogP contribution in [-0.2, 0) is 16.3 Å². The minimum absolute atomic E-state index is 0.291. The molecule has 0 saturated carbocycles. The molecule has 0 bridgehead atoms. The van der Waals surface area contributed by atoms with Gasteiger partial charge in [-0.25, -0.2) is 8.42 Å². The maximum absolute atomic E-state index is 11.3. The predicted octanol–water partition coefficient (Wildman–Crippen LogP) is 2.52. The third-order valence-corrected chi connectivity index (χ3v) is 5.33. The summed E-state index contributed by atoms with van der Waals surface area (Å²) in [5, 5.41) is 3.40. The summed E-state index contributed by atoms with van der Waals surface area (Å²) in [6.45, 7) is 0. The summed E-state index contributed by atoms with van der Waals surface area (Å²) in [5.74, 6) is 0.809. The van der Waals surface area contributed by atoms with E-state index in [9.17, 15) is 8.42 Å². The fraction of sp³-hybridized carbons (Fsp3) is 0.625. The minimum atomic E-state index is -2.85. The SMILES string of the molecule is CNC(CCCS(C)(=O)=O)C1CCCc2ccccc21. The Morgan fingerprint density at radius 2 is 2.10 bits per heavy atom. The number of benzene rings is 1. The highest BCUT2D eigenvalue weighted by molar-refractivity contribution is 7.90. The highest BCUT2D eigenvalue weighted by Gasteiger charge is 2.26.